The lowest BCUT2D eigenvalue weighted by atomic mass is 9.88. The zero-order valence-electron chi connectivity index (χ0n) is 21.5. The lowest BCUT2D eigenvalue weighted by Gasteiger charge is -2.27. The Bertz CT molecular complexity index is 1280. The van der Waals surface area contributed by atoms with Gasteiger partial charge in [0.25, 0.3) is 0 Å². The van der Waals surface area contributed by atoms with E-state index in [-0.39, 0.29) is 30.1 Å². The molecule has 3 aromatic carbocycles. The van der Waals surface area contributed by atoms with Gasteiger partial charge in [0, 0.05) is 36.5 Å². The normalized spacial score (nSPS) is 17.9. The fraction of sp³-hybridized carbons (Fsp3) is 0.367. The minimum absolute atomic E-state index is 0. The number of carboxylic acids is 1. The van der Waals surface area contributed by atoms with Crippen molar-refractivity contribution in [2.24, 2.45) is 0 Å². The summed E-state index contributed by atoms with van der Waals surface area (Å²) in [5, 5.41) is 24.3. The summed E-state index contributed by atoms with van der Waals surface area (Å²) in [6.45, 7) is 1.71. The molecule has 1 saturated heterocycles. The molecule has 1 fully saturated rings. The summed E-state index contributed by atoms with van der Waals surface area (Å²) in [4.78, 5) is 11.7. The summed E-state index contributed by atoms with van der Waals surface area (Å²) in [6, 6.07) is 18.3. The highest BCUT2D eigenvalue weighted by molar-refractivity contribution is 6.30. The topological polar surface area (TPSA) is 97.3 Å². The number of rotatable bonds is 9. The third-order valence-corrected chi connectivity index (χ3v) is 7.31. The molecule has 2 atom stereocenters. The second-order valence-electron chi connectivity index (χ2n) is 9.88. The highest BCUT2D eigenvalue weighted by Gasteiger charge is 2.21. The van der Waals surface area contributed by atoms with E-state index in [2.05, 4.69) is 11.4 Å². The highest BCUT2D eigenvalue weighted by Crippen LogP contribution is 2.32. The number of aromatic carboxylic acids is 1. The van der Waals surface area contributed by atoms with Crippen molar-refractivity contribution in [2.45, 2.75) is 50.4 Å². The SMILES string of the molecule is Cl.O=C(O)c1cc(Oc2ccc3c(c2)C[C@@H](NC[C@@H](O)c2cccc(Cl)c2)CC3)cc(OC2CCOCC2)c1. The van der Waals surface area contributed by atoms with E-state index in [1.54, 1.807) is 18.2 Å². The maximum atomic E-state index is 11.7. The van der Waals surface area contributed by atoms with Gasteiger partial charge in [-0.25, -0.2) is 4.79 Å². The first kappa shape index (κ1) is 29.2. The summed E-state index contributed by atoms with van der Waals surface area (Å²) < 4.78 is 17.6. The number of aliphatic hydroxyl groups is 1. The van der Waals surface area contributed by atoms with Gasteiger partial charge >= 0.3 is 5.97 Å². The fourth-order valence-electron chi connectivity index (χ4n) is 5.03. The molecular formula is C30H33Cl2NO6. The first-order chi connectivity index (χ1) is 18.4. The molecule has 0 saturated carbocycles. The van der Waals surface area contributed by atoms with Crippen molar-refractivity contribution in [3.8, 4) is 17.2 Å². The zero-order valence-corrected chi connectivity index (χ0v) is 23.0. The van der Waals surface area contributed by atoms with Crippen LogP contribution in [0.25, 0.3) is 0 Å². The predicted octanol–water partition coefficient (Wildman–Crippen LogP) is 5.99. The quantitative estimate of drug-likeness (QED) is 0.289. The van der Waals surface area contributed by atoms with Gasteiger partial charge in [-0.05, 0) is 72.4 Å². The molecule has 2 aliphatic rings. The number of carboxylic acid groups (broad SMARTS) is 1. The van der Waals surface area contributed by atoms with Crippen LogP contribution in [0.3, 0.4) is 0 Å². The number of ether oxygens (including phenoxy) is 3. The van der Waals surface area contributed by atoms with Crippen LogP contribution in [0.5, 0.6) is 17.2 Å². The second kappa shape index (κ2) is 13.5. The van der Waals surface area contributed by atoms with Crippen molar-refractivity contribution in [3.63, 3.8) is 0 Å². The van der Waals surface area contributed by atoms with Gasteiger partial charge in [-0.3, -0.25) is 0 Å². The molecule has 1 aliphatic heterocycles. The van der Waals surface area contributed by atoms with Crippen LogP contribution in [0.15, 0.2) is 60.7 Å². The minimum atomic E-state index is -1.04. The van der Waals surface area contributed by atoms with Gasteiger partial charge in [-0.1, -0.05) is 29.8 Å². The Kier molecular flexibility index (Phi) is 10.1. The van der Waals surface area contributed by atoms with E-state index < -0.39 is 12.1 Å². The standard InChI is InChI=1S/C30H32ClNO6.ClH/c31-23-3-1-2-20(12-23)29(33)18-32-24-6-4-19-5-7-26(14-21(19)13-24)38-28-16-22(30(34)35)15-27(17-28)37-25-8-10-36-11-9-25;/h1-3,5,7,12,14-17,24-25,29,32-33H,4,6,8-11,13,18H2,(H,34,35);1H/t24-,29+;/m0./s1. The van der Waals surface area contributed by atoms with Crippen molar-refractivity contribution in [2.75, 3.05) is 19.8 Å². The third-order valence-electron chi connectivity index (χ3n) is 7.07. The number of hydrogen-bond donors (Lipinski definition) is 3. The summed E-state index contributed by atoms with van der Waals surface area (Å²) in [5.41, 5.74) is 3.36. The van der Waals surface area contributed by atoms with Crippen LogP contribution >= 0.6 is 24.0 Å². The van der Waals surface area contributed by atoms with Gasteiger partial charge in [0.15, 0.2) is 0 Å². The number of nitrogens with one attached hydrogen (secondary N) is 1. The summed E-state index contributed by atoms with van der Waals surface area (Å²) in [6.07, 6.45) is 3.60. The van der Waals surface area contributed by atoms with Crippen molar-refractivity contribution in [1.82, 2.24) is 5.32 Å². The number of benzene rings is 3. The molecule has 0 aromatic heterocycles. The van der Waals surface area contributed by atoms with Gasteiger partial charge in [-0.2, -0.15) is 0 Å². The first-order valence-electron chi connectivity index (χ1n) is 13.0. The van der Waals surface area contributed by atoms with Crippen molar-refractivity contribution < 1.29 is 29.2 Å². The van der Waals surface area contributed by atoms with Crippen LogP contribution in [0.4, 0.5) is 0 Å². The van der Waals surface area contributed by atoms with E-state index in [9.17, 15) is 15.0 Å². The first-order valence-corrected chi connectivity index (χ1v) is 13.4. The molecular weight excluding hydrogens is 541 g/mol. The molecule has 5 rings (SSSR count). The maximum absolute atomic E-state index is 11.7. The fourth-order valence-corrected chi connectivity index (χ4v) is 5.22. The molecule has 0 spiro atoms. The Hall–Kier alpha value is -2.81. The van der Waals surface area contributed by atoms with Gasteiger partial charge in [0.1, 0.15) is 23.4 Å². The maximum Gasteiger partial charge on any atom is 0.335 e. The van der Waals surface area contributed by atoms with Crippen LogP contribution in [0.2, 0.25) is 5.02 Å². The third kappa shape index (κ3) is 7.87. The van der Waals surface area contributed by atoms with Crippen LogP contribution in [-0.2, 0) is 17.6 Å². The predicted molar refractivity (Wildman–Crippen MR) is 152 cm³/mol. The Morgan fingerprint density at radius 3 is 2.56 bits per heavy atom. The lowest BCUT2D eigenvalue weighted by Crippen LogP contribution is -2.37. The summed E-state index contributed by atoms with van der Waals surface area (Å²) in [5.74, 6) is 0.504. The molecule has 9 heteroatoms. The molecule has 0 radical (unpaired) electrons. The molecule has 3 N–H and O–H groups in total. The van der Waals surface area contributed by atoms with Crippen LogP contribution in [0, 0.1) is 0 Å². The van der Waals surface area contributed by atoms with E-state index in [1.807, 2.05) is 24.3 Å². The molecule has 39 heavy (non-hydrogen) atoms. The number of halogens is 2. The molecule has 0 unspecified atom stereocenters. The zero-order chi connectivity index (χ0) is 26.5. The molecule has 0 amide bonds. The van der Waals surface area contributed by atoms with Crippen molar-refractivity contribution >= 4 is 30.0 Å². The van der Waals surface area contributed by atoms with Crippen LogP contribution < -0.4 is 14.8 Å². The van der Waals surface area contributed by atoms with Gasteiger partial charge in [0.2, 0.25) is 0 Å². The number of fused-ring (bicyclic) bond motifs is 1. The average molecular weight is 575 g/mol. The number of aryl methyl sites for hydroxylation is 1. The molecule has 208 valence electrons. The Labute approximate surface area is 239 Å². The van der Waals surface area contributed by atoms with E-state index in [0.717, 1.165) is 37.7 Å². The lowest BCUT2D eigenvalue weighted by molar-refractivity contribution is 0.0254. The molecule has 0 bridgehead atoms. The van der Waals surface area contributed by atoms with Gasteiger partial charge in [-0.15, -0.1) is 12.4 Å². The minimum Gasteiger partial charge on any atom is -0.490 e. The van der Waals surface area contributed by atoms with Crippen LogP contribution in [-0.4, -0.2) is 48.1 Å². The van der Waals surface area contributed by atoms with Gasteiger partial charge < -0.3 is 29.7 Å². The van der Waals surface area contributed by atoms with Crippen LogP contribution in [0.1, 0.15) is 52.4 Å². The van der Waals surface area contributed by atoms with E-state index >= 15 is 0 Å². The van der Waals surface area contributed by atoms with E-state index in [1.165, 1.54) is 23.3 Å². The molecule has 1 aliphatic carbocycles. The summed E-state index contributed by atoms with van der Waals surface area (Å²) in [7, 11) is 0. The largest absolute Gasteiger partial charge is 0.490 e. The van der Waals surface area contributed by atoms with Crippen molar-refractivity contribution in [3.05, 3.63) is 87.9 Å². The van der Waals surface area contributed by atoms with E-state index in [4.69, 9.17) is 25.8 Å². The average Bonchev–Trinajstić information content (AvgIpc) is 2.92. The smallest absolute Gasteiger partial charge is 0.335 e. The Balaban J connectivity index is 0.00000353. The monoisotopic (exact) mass is 573 g/mol. The van der Waals surface area contributed by atoms with Gasteiger partial charge in [0.05, 0.1) is 24.9 Å². The molecule has 1 heterocycles. The molecule has 7 nitrogen and oxygen atoms in total. The Morgan fingerprint density at radius 2 is 1.79 bits per heavy atom. The molecule has 3 aromatic rings. The number of aliphatic hydroxyl groups excluding tert-OH is 1. The number of carbonyl (C=O) groups is 1. The number of hydrogen-bond acceptors (Lipinski definition) is 6. The highest BCUT2D eigenvalue weighted by atomic mass is 35.5. The summed E-state index contributed by atoms with van der Waals surface area (Å²) >= 11 is 6.06. The second-order valence-corrected chi connectivity index (χ2v) is 10.3. The van der Waals surface area contributed by atoms with Crippen molar-refractivity contribution in [1.29, 1.82) is 0 Å². The van der Waals surface area contributed by atoms with E-state index in [0.29, 0.717) is 42.0 Å². The Morgan fingerprint density at radius 1 is 1.00 bits per heavy atom.